The van der Waals surface area contributed by atoms with Gasteiger partial charge in [0, 0.05) is 32.8 Å². The molecule has 0 saturated carbocycles. The zero-order valence-corrected chi connectivity index (χ0v) is 13.2. The second-order valence-electron chi connectivity index (χ2n) is 5.83. The standard InChI is InChI=1S/C13H28N2O3S/c1-12(2)11-18-9-5-7-14-19(16,17)15-8-4-6-13(3)10-15/h12-14H,4-11H2,1-3H3/t13-/m0/s1. The molecular formula is C13H28N2O3S. The number of nitrogens with zero attached hydrogens (tertiary/aromatic N) is 1. The van der Waals surface area contributed by atoms with Crippen LogP contribution in [0.1, 0.15) is 40.0 Å². The van der Waals surface area contributed by atoms with Crippen LogP contribution in [0.25, 0.3) is 0 Å². The highest BCUT2D eigenvalue weighted by atomic mass is 32.2. The summed E-state index contributed by atoms with van der Waals surface area (Å²) in [5.41, 5.74) is 0. The van der Waals surface area contributed by atoms with Gasteiger partial charge in [0.1, 0.15) is 0 Å². The topological polar surface area (TPSA) is 58.6 Å². The van der Waals surface area contributed by atoms with Crippen molar-refractivity contribution in [3.63, 3.8) is 0 Å². The average molecular weight is 292 g/mol. The molecule has 0 unspecified atom stereocenters. The second kappa shape index (κ2) is 8.19. The smallest absolute Gasteiger partial charge is 0.279 e. The Morgan fingerprint density at radius 1 is 1.42 bits per heavy atom. The van der Waals surface area contributed by atoms with Crippen LogP contribution < -0.4 is 4.72 Å². The maximum atomic E-state index is 12.0. The number of rotatable bonds is 8. The van der Waals surface area contributed by atoms with Crippen molar-refractivity contribution in [2.75, 3.05) is 32.8 Å². The van der Waals surface area contributed by atoms with Crippen LogP contribution in [-0.4, -0.2) is 45.6 Å². The third-order valence-electron chi connectivity index (χ3n) is 3.16. The molecule has 0 spiro atoms. The lowest BCUT2D eigenvalue weighted by Crippen LogP contribution is -2.45. The largest absolute Gasteiger partial charge is 0.381 e. The molecule has 5 nitrogen and oxygen atoms in total. The lowest BCUT2D eigenvalue weighted by Gasteiger charge is -2.29. The summed E-state index contributed by atoms with van der Waals surface area (Å²) in [7, 11) is -3.29. The lowest BCUT2D eigenvalue weighted by atomic mass is 10.0. The summed E-state index contributed by atoms with van der Waals surface area (Å²) < 4.78 is 33.7. The Bertz CT molecular complexity index is 344. The van der Waals surface area contributed by atoms with Crippen molar-refractivity contribution in [1.82, 2.24) is 9.03 Å². The molecule has 1 atom stereocenters. The Hall–Kier alpha value is -0.170. The molecule has 1 aliphatic heterocycles. The highest BCUT2D eigenvalue weighted by Gasteiger charge is 2.26. The van der Waals surface area contributed by atoms with Crippen LogP contribution in [0.4, 0.5) is 0 Å². The van der Waals surface area contributed by atoms with Gasteiger partial charge in [0.25, 0.3) is 10.2 Å². The summed E-state index contributed by atoms with van der Waals surface area (Å²) in [6, 6.07) is 0. The Labute approximate surface area is 117 Å². The molecule has 1 saturated heterocycles. The SMILES string of the molecule is CC(C)COCCCNS(=O)(=O)N1CCC[C@H](C)C1. The molecular weight excluding hydrogens is 264 g/mol. The summed E-state index contributed by atoms with van der Waals surface area (Å²) in [4.78, 5) is 0. The monoisotopic (exact) mass is 292 g/mol. The summed E-state index contributed by atoms with van der Waals surface area (Å²) >= 11 is 0. The molecule has 114 valence electrons. The molecule has 0 radical (unpaired) electrons. The molecule has 1 N–H and O–H groups in total. The van der Waals surface area contributed by atoms with Gasteiger partial charge in [0.05, 0.1) is 0 Å². The zero-order valence-electron chi connectivity index (χ0n) is 12.4. The van der Waals surface area contributed by atoms with Crippen molar-refractivity contribution >= 4 is 10.2 Å². The molecule has 0 aromatic rings. The Morgan fingerprint density at radius 2 is 2.16 bits per heavy atom. The van der Waals surface area contributed by atoms with E-state index < -0.39 is 10.2 Å². The third-order valence-corrected chi connectivity index (χ3v) is 4.74. The van der Waals surface area contributed by atoms with E-state index in [0.29, 0.717) is 38.1 Å². The molecule has 1 rings (SSSR count). The maximum absolute atomic E-state index is 12.0. The van der Waals surface area contributed by atoms with Crippen molar-refractivity contribution in [3.05, 3.63) is 0 Å². The molecule has 1 aliphatic rings. The predicted octanol–water partition coefficient (Wildman–Crippen LogP) is 1.62. The van der Waals surface area contributed by atoms with Crippen molar-refractivity contribution in [3.8, 4) is 0 Å². The van der Waals surface area contributed by atoms with Gasteiger partial charge in [0.2, 0.25) is 0 Å². The minimum atomic E-state index is -3.29. The molecule has 1 heterocycles. The first-order chi connectivity index (χ1) is 8.92. The molecule has 0 amide bonds. The van der Waals surface area contributed by atoms with Gasteiger partial charge in [-0.25, -0.2) is 4.72 Å². The van der Waals surface area contributed by atoms with Gasteiger partial charge in [-0.15, -0.1) is 0 Å². The molecule has 19 heavy (non-hydrogen) atoms. The van der Waals surface area contributed by atoms with Crippen LogP contribution in [0.5, 0.6) is 0 Å². The van der Waals surface area contributed by atoms with Crippen LogP contribution in [0.15, 0.2) is 0 Å². The van der Waals surface area contributed by atoms with E-state index >= 15 is 0 Å². The van der Waals surface area contributed by atoms with E-state index in [4.69, 9.17) is 4.74 Å². The first kappa shape index (κ1) is 16.9. The fourth-order valence-electron chi connectivity index (χ4n) is 2.15. The average Bonchev–Trinajstić information content (AvgIpc) is 2.33. The zero-order chi connectivity index (χ0) is 14.3. The van der Waals surface area contributed by atoms with E-state index in [1.165, 1.54) is 0 Å². The maximum Gasteiger partial charge on any atom is 0.279 e. The van der Waals surface area contributed by atoms with Crippen molar-refractivity contribution in [1.29, 1.82) is 0 Å². The van der Waals surface area contributed by atoms with E-state index in [9.17, 15) is 8.42 Å². The van der Waals surface area contributed by atoms with Crippen LogP contribution in [0.2, 0.25) is 0 Å². The highest BCUT2D eigenvalue weighted by molar-refractivity contribution is 7.87. The fourth-order valence-corrected chi connectivity index (χ4v) is 3.56. The van der Waals surface area contributed by atoms with E-state index in [2.05, 4.69) is 25.5 Å². The molecule has 6 heteroatoms. The number of hydrogen-bond donors (Lipinski definition) is 1. The van der Waals surface area contributed by atoms with E-state index in [-0.39, 0.29) is 0 Å². The lowest BCUT2D eigenvalue weighted by molar-refractivity contribution is 0.108. The number of nitrogens with one attached hydrogen (secondary N) is 1. The van der Waals surface area contributed by atoms with Gasteiger partial charge in [-0.1, -0.05) is 20.8 Å². The van der Waals surface area contributed by atoms with Gasteiger partial charge in [-0.3, -0.25) is 0 Å². The second-order valence-corrected chi connectivity index (χ2v) is 7.58. The number of piperidine rings is 1. The molecule has 0 aromatic heterocycles. The van der Waals surface area contributed by atoms with Crippen LogP contribution in [0, 0.1) is 11.8 Å². The van der Waals surface area contributed by atoms with Gasteiger partial charge >= 0.3 is 0 Å². The fraction of sp³-hybridized carbons (Fsp3) is 1.00. The number of hydrogen-bond acceptors (Lipinski definition) is 3. The third kappa shape index (κ3) is 6.70. The Kier molecular flexibility index (Phi) is 7.28. The van der Waals surface area contributed by atoms with Crippen molar-refractivity contribution < 1.29 is 13.2 Å². The first-order valence-corrected chi connectivity index (χ1v) is 8.68. The van der Waals surface area contributed by atoms with Crippen LogP contribution in [0.3, 0.4) is 0 Å². The minimum absolute atomic E-state index is 0.450. The van der Waals surface area contributed by atoms with Crippen LogP contribution >= 0.6 is 0 Å². The van der Waals surface area contributed by atoms with Gasteiger partial charge in [-0.05, 0) is 31.1 Å². The Balaban J connectivity index is 2.20. The normalized spacial score (nSPS) is 22.0. The van der Waals surface area contributed by atoms with Crippen molar-refractivity contribution in [2.45, 2.75) is 40.0 Å². The summed E-state index contributed by atoms with van der Waals surface area (Å²) in [5, 5.41) is 0. The van der Waals surface area contributed by atoms with Crippen molar-refractivity contribution in [2.24, 2.45) is 11.8 Å². The van der Waals surface area contributed by atoms with Gasteiger partial charge in [-0.2, -0.15) is 12.7 Å². The van der Waals surface area contributed by atoms with Crippen LogP contribution in [-0.2, 0) is 14.9 Å². The van der Waals surface area contributed by atoms with E-state index in [0.717, 1.165) is 25.9 Å². The van der Waals surface area contributed by atoms with E-state index in [1.807, 2.05) is 0 Å². The predicted molar refractivity (Wildman–Crippen MR) is 77.2 cm³/mol. The minimum Gasteiger partial charge on any atom is -0.381 e. The van der Waals surface area contributed by atoms with E-state index in [1.54, 1.807) is 4.31 Å². The van der Waals surface area contributed by atoms with Gasteiger partial charge < -0.3 is 4.74 Å². The highest BCUT2D eigenvalue weighted by Crippen LogP contribution is 2.17. The molecule has 0 aliphatic carbocycles. The molecule has 1 fully saturated rings. The number of ether oxygens (including phenoxy) is 1. The molecule has 0 bridgehead atoms. The molecule has 0 aromatic carbocycles. The summed E-state index contributed by atoms with van der Waals surface area (Å²) in [6.07, 6.45) is 2.80. The first-order valence-electron chi connectivity index (χ1n) is 7.24. The quantitative estimate of drug-likeness (QED) is 0.692. The van der Waals surface area contributed by atoms with Gasteiger partial charge in [0.15, 0.2) is 0 Å². The Morgan fingerprint density at radius 3 is 2.79 bits per heavy atom. The summed E-state index contributed by atoms with van der Waals surface area (Å²) in [6.45, 7) is 9.36. The summed E-state index contributed by atoms with van der Waals surface area (Å²) in [5.74, 6) is 0.978.